The summed E-state index contributed by atoms with van der Waals surface area (Å²) in [6, 6.07) is 5.49. The van der Waals surface area contributed by atoms with Crippen molar-refractivity contribution in [2.75, 3.05) is 24.5 Å². The first-order valence-electron chi connectivity index (χ1n) is 7.23. The summed E-state index contributed by atoms with van der Waals surface area (Å²) in [6.45, 7) is 1.76. The molecule has 6 nitrogen and oxygen atoms in total. The number of hydrogen-bond acceptors (Lipinski definition) is 5. The maximum Gasteiger partial charge on any atom is 0.230 e. The van der Waals surface area contributed by atoms with Crippen LogP contribution in [0.3, 0.4) is 0 Å². The Kier molecular flexibility index (Phi) is 3.52. The van der Waals surface area contributed by atoms with E-state index in [1.165, 1.54) is 0 Å². The summed E-state index contributed by atoms with van der Waals surface area (Å²) in [7, 11) is 0. The zero-order valence-electron chi connectivity index (χ0n) is 11.7. The second-order valence-electron chi connectivity index (χ2n) is 5.76. The van der Waals surface area contributed by atoms with Crippen LogP contribution in [0.15, 0.2) is 18.3 Å². The summed E-state index contributed by atoms with van der Waals surface area (Å²) in [6.07, 6.45) is 3.09. The van der Waals surface area contributed by atoms with Crippen LogP contribution < -0.4 is 10.2 Å². The number of carbonyl (C=O) groups excluding carboxylic acids is 1. The summed E-state index contributed by atoms with van der Waals surface area (Å²) >= 11 is 0. The number of aliphatic hydroxyl groups excluding tert-OH is 1. The molecule has 110 valence electrons. The smallest absolute Gasteiger partial charge is 0.230 e. The second-order valence-corrected chi connectivity index (χ2v) is 5.76. The molecular weight excluding hydrogens is 268 g/mol. The molecule has 3 rings (SSSR count). The highest BCUT2D eigenvalue weighted by atomic mass is 16.3. The lowest BCUT2D eigenvalue weighted by atomic mass is 9.71. The van der Waals surface area contributed by atoms with Crippen LogP contribution in [0, 0.1) is 16.7 Å². The van der Waals surface area contributed by atoms with Crippen molar-refractivity contribution in [3.8, 4) is 6.07 Å². The molecule has 2 aliphatic heterocycles. The lowest BCUT2D eigenvalue weighted by molar-refractivity contribution is -0.142. The number of rotatable bonds is 1. The van der Waals surface area contributed by atoms with Crippen LogP contribution in [0.2, 0.25) is 0 Å². The van der Waals surface area contributed by atoms with E-state index in [0.29, 0.717) is 43.9 Å². The molecule has 1 spiro atoms. The molecule has 1 aromatic rings. The van der Waals surface area contributed by atoms with Gasteiger partial charge in [-0.25, -0.2) is 4.98 Å². The van der Waals surface area contributed by atoms with Crippen molar-refractivity contribution in [1.82, 2.24) is 10.3 Å². The van der Waals surface area contributed by atoms with Gasteiger partial charge in [-0.3, -0.25) is 4.79 Å². The Morgan fingerprint density at radius 1 is 1.57 bits per heavy atom. The molecule has 2 atom stereocenters. The van der Waals surface area contributed by atoms with E-state index in [-0.39, 0.29) is 5.91 Å². The molecule has 0 unspecified atom stereocenters. The fourth-order valence-electron chi connectivity index (χ4n) is 3.30. The lowest BCUT2D eigenvalue weighted by Gasteiger charge is -2.47. The van der Waals surface area contributed by atoms with E-state index in [0.717, 1.165) is 6.42 Å². The highest BCUT2D eigenvalue weighted by molar-refractivity contribution is 5.85. The zero-order chi connectivity index (χ0) is 14.9. The van der Waals surface area contributed by atoms with E-state index >= 15 is 0 Å². The zero-order valence-corrected chi connectivity index (χ0v) is 11.7. The quantitative estimate of drug-likeness (QED) is 0.781. The molecule has 0 aromatic carbocycles. The predicted octanol–water partition coefficient (Wildman–Crippen LogP) is 0.421. The summed E-state index contributed by atoms with van der Waals surface area (Å²) in [4.78, 5) is 18.6. The number of nitrogens with one attached hydrogen (secondary N) is 1. The molecule has 3 heterocycles. The number of piperidine rings is 2. The van der Waals surface area contributed by atoms with Crippen LogP contribution in [-0.2, 0) is 4.79 Å². The van der Waals surface area contributed by atoms with Crippen molar-refractivity contribution in [2.45, 2.75) is 25.4 Å². The number of anilines is 1. The van der Waals surface area contributed by atoms with Gasteiger partial charge in [-0.1, -0.05) is 0 Å². The highest BCUT2D eigenvalue weighted by Gasteiger charge is 2.50. The molecule has 0 radical (unpaired) electrons. The standard InChI is InChI=1S/C15H18N4O2/c16-9-11-2-6-17-13(8-11)19-7-3-12(20)15(10-19)4-1-5-18-14(15)21/h2,6,8,12,20H,1,3-5,7,10H2,(H,18,21)/t12-,15-/m1/s1. The van der Waals surface area contributed by atoms with Gasteiger partial charge in [0.15, 0.2) is 0 Å². The topological polar surface area (TPSA) is 89.2 Å². The van der Waals surface area contributed by atoms with Crippen molar-refractivity contribution < 1.29 is 9.90 Å². The number of hydrogen-bond donors (Lipinski definition) is 2. The van der Waals surface area contributed by atoms with E-state index < -0.39 is 11.5 Å². The Morgan fingerprint density at radius 3 is 3.19 bits per heavy atom. The van der Waals surface area contributed by atoms with E-state index in [9.17, 15) is 9.90 Å². The Labute approximate surface area is 123 Å². The van der Waals surface area contributed by atoms with E-state index in [4.69, 9.17) is 5.26 Å². The number of nitriles is 1. The van der Waals surface area contributed by atoms with Gasteiger partial charge in [-0.05, 0) is 31.4 Å². The molecule has 2 aliphatic rings. The predicted molar refractivity (Wildman–Crippen MR) is 76.5 cm³/mol. The number of carbonyl (C=O) groups is 1. The largest absolute Gasteiger partial charge is 0.392 e. The van der Waals surface area contributed by atoms with Gasteiger partial charge in [0, 0.05) is 25.8 Å². The fourth-order valence-corrected chi connectivity index (χ4v) is 3.30. The molecule has 2 N–H and O–H groups in total. The Balaban J connectivity index is 1.88. The first-order valence-corrected chi connectivity index (χ1v) is 7.23. The SMILES string of the molecule is N#Cc1ccnc(N2CC[C@@H](O)[C@@]3(CCCNC3=O)C2)c1. The minimum Gasteiger partial charge on any atom is -0.392 e. The summed E-state index contributed by atoms with van der Waals surface area (Å²) in [5.74, 6) is 0.626. The molecule has 2 saturated heterocycles. The Hall–Kier alpha value is -2.13. The molecule has 1 amide bonds. The summed E-state index contributed by atoms with van der Waals surface area (Å²) in [5.41, 5.74) is -0.200. The number of aliphatic hydroxyl groups is 1. The lowest BCUT2D eigenvalue weighted by Crippen LogP contribution is -2.61. The minimum atomic E-state index is -0.749. The monoisotopic (exact) mass is 286 g/mol. The average molecular weight is 286 g/mol. The molecule has 21 heavy (non-hydrogen) atoms. The van der Waals surface area contributed by atoms with Gasteiger partial charge >= 0.3 is 0 Å². The van der Waals surface area contributed by atoms with Crippen molar-refractivity contribution in [3.05, 3.63) is 23.9 Å². The van der Waals surface area contributed by atoms with Crippen molar-refractivity contribution in [2.24, 2.45) is 5.41 Å². The number of pyridine rings is 1. The van der Waals surface area contributed by atoms with Gasteiger partial charge in [0.1, 0.15) is 5.82 Å². The van der Waals surface area contributed by atoms with Crippen LogP contribution >= 0.6 is 0 Å². The molecule has 0 bridgehead atoms. The van der Waals surface area contributed by atoms with Crippen molar-refractivity contribution >= 4 is 11.7 Å². The molecule has 0 saturated carbocycles. The third-order valence-corrected chi connectivity index (χ3v) is 4.52. The number of nitrogens with zero attached hydrogens (tertiary/aromatic N) is 3. The normalized spacial score (nSPS) is 29.0. The van der Waals surface area contributed by atoms with Crippen LogP contribution in [-0.4, -0.2) is 41.7 Å². The maximum absolute atomic E-state index is 12.3. The van der Waals surface area contributed by atoms with Gasteiger partial charge in [0.25, 0.3) is 0 Å². The third kappa shape index (κ3) is 2.34. The van der Waals surface area contributed by atoms with Gasteiger partial charge in [-0.15, -0.1) is 0 Å². The van der Waals surface area contributed by atoms with Crippen molar-refractivity contribution in [3.63, 3.8) is 0 Å². The highest BCUT2D eigenvalue weighted by Crippen LogP contribution is 2.38. The van der Waals surface area contributed by atoms with Gasteiger partial charge < -0.3 is 15.3 Å². The first kappa shape index (κ1) is 13.8. The summed E-state index contributed by atoms with van der Waals surface area (Å²) < 4.78 is 0. The second kappa shape index (κ2) is 5.34. The van der Waals surface area contributed by atoms with Gasteiger partial charge in [-0.2, -0.15) is 5.26 Å². The van der Waals surface area contributed by atoms with Crippen LogP contribution in [0.1, 0.15) is 24.8 Å². The molecule has 2 fully saturated rings. The molecule has 6 heteroatoms. The third-order valence-electron chi connectivity index (χ3n) is 4.52. The first-order chi connectivity index (χ1) is 10.2. The van der Waals surface area contributed by atoms with Crippen LogP contribution in [0.25, 0.3) is 0 Å². The maximum atomic E-state index is 12.3. The molecule has 0 aliphatic carbocycles. The minimum absolute atomic E-state index is 0.0672. The van der Waals surface area contributed by atoms with Gasteiger partial charge in [0.2, 0.25) is 5.91 Å². The van der Waals surface area contributed by atoms with E-state index in [1.807, 2.05) is 4.90 Å². The number of amides is 1. The Morgan fingerprint density at radius 2 is 2.43 bits per heavy atom. The van der Waals surface area contributed by atoms with Crippen LogP contribution in [0.5, 0.6) is 0 Å². The fraction of sp³-hybridized carbons (Fsp3) is 0.533. The average Bonchev–Trinajstić information content (AvgIpc) is 2.53. The Bertz CT molecular complexity index is 598. The number of aromatic nitrogens is 1. The van der Waals surface area contributed by atoms with Gasteiger partial charge in [0.05, 0.1) is 23.2 Å². The summed E-state index contributed by atoms with van der Waals surface area (Å²) in [5, 5.41) is 22.2. The van der Waals surface area contributed by atoms with Crippen molar-refractivity contribution in [1.29, 1.82) is 5.26 Å². The van der Waals surface area contributed by atoms with E-state index in [1.54, 1.807) is 18.3 Å². The van der Waals surface area contributed by atoms with Crippen LogP contribution in [0.4, 0.5) is 5.82 Å². The van der Waals surface area contributed by atoms with E-state index in [2.05, 4.69) is 16.4 Å². The molecule has 1 aromatic heterocycles. The molecular formula is C15H18N4O2.